The Morgan fingerprint density at radius 3 is 1.58 bits per heavy atom. The van der Waals surface area contributed by atoms with E-state index in [4.69, 9.17) is 4.74 Å². The maximum Gasteiger partial charge on any atom is 0.140 e. The fraction of sp³-hybridized carbons (Fsp3) is 0.0159. The maximum atomic E-state index is 7.21. The molecule has 66 heavy (non-hydrogen) atoms. The first kappa shape index (κ1) is 37.2. The minimum absolute atomic E-state index is 0.605. The van der Waals surface area contributed by atoms with E-state index in [9.17, 15) is 0 Å². The second-order valence-corrected chi connectivity index (χ2v) is 18.6. The molecule has 0 N–H and O–H groups in total. The van der Waals surface area contributed by atoms with E-state index in [-0.39, 0.29) is 0 Å². The van der Waals surface area contributed by atoms with Crippen molar-refractivity contribution in [3.63, 3.8) is 0 Å². The number of thiophene rings is 1. The van der Waals surface area contributed by atoms with Gasteiger partial charge in [-0.15, -0.1) is 11.3 Å². The van der Waals surface area contributed by atoms with Gasteiger partial charge in [0.15, 0.2) is 0 Å². The van der Waals surface area contributed by atoms with E-state index >= 15 is 0 Å². The van der Waals surface area contributed by atoms with Gasteiger partial charge in [-0.25, -0.2) is 0 Å². The van der Waals surface area contributed by atoms with Crippen molar-refractivity contribution in [2.75, 3.05) is 4.90 Å². The molecule has 0 amide bonds. The Bertz CT molecular complexity index is 3820. The van der Waals surface area contributed by atoms with Gasteiger partial charge in [-0.3, -0.25) is 0 Å². The predicted octanol–water partition coefficient (Wildman–Crippen LogP) is 17.6. The van der Waals surface area contributed by atoms with E-state index in [1.807, 2.05) is 11.3 Å². The molecule has 0 radical (unpaired) electrons. The average molecular weight is 858 g/mol. The molecule has 0 saturated heterocycles. The van der Waals surface area contributed by atoms with E-state index in [1.54, 1.807) is 0 Å². The van der Waals surface area contributed by atoms with Crippen molar-refractivity contribution in [2.24, 2.45) is 0 Å². The Kier molecular flexibility index (Phi) is 8.10. The Morgan fingerprint density at radius 1 is 0.333 bits per heavy atom. The second-order valence-electron chi connectivity index (χ2n) is 17.5. The highest BCUT2D eigenvalue weighted by molar-refractivity contribution is 7.25. The molecular formula is C63H39NOS. The third-order valence-corrected chi connectivity index (χ3v) is 15.3. The largest absolute Gasteiger partial charge is 0.455 e. The van der Waals surface area contributed by atoms with Gasteiger partial charge in [0, 0.05) is 59.1 Å². The third kappa shape index (κ3) is 5.35. The van der Waals surface area contributed by atoms with Gasteiger partial charge in [-0.1, -0.05) is 188 Å². The number of hydrogen-bond acceptors (Lipinski definition) is 3. The summed E-state index contributed by atoms with van der Waals surface area (Å²) in [5.41, 5.74) is 14.9. The van der Waals surface area contributed by atoms with Gasteiger partial charge in [0.2, 0.25) is 0 Å². The monoisotopic (exact) mass is 857 g/mol. The van der Waals surface area contributed by atoms with Crippen molar-refractivity contribution in [2.45, 2.75) is 5.41 Å². The third-order valence-electron chi connectivity index (χ3n) is 14.1. The van der Waals surface area contributed by atoms with Crippen molar-refractivity contribution in [1.82, 2.24) is 0 Å². The van der Waals surface area contributed by atoms with Crippen LogP contribution in [0.25, 0.3) is 75.1 Å². The topological polar surface area (TPSA) is 12.5 Å². The number of fused-ring (bicyclic) bond motifs is 16. The summed E-state index contributed by atoms with van der Waals surface area (Å²) in [6, 6.07) is 86.9. The molecule has 12 aromatic rings. The summed E-state index contributed by atoms with van der Waals surface area (Å²) in [7, 11) is 0. The lowest BCUT2D eigenvalue weighted by atomic mass is 9.65. The molecule has 1 aromatic heterocycles. The molecule has 0 bridgehead atoms. The zero-order valence-electron chi connectivity index (χ0n) is 35.8. The van der Waals surface area contributed by atoms with Gasteiger partial charge < -0.3 is 9.64 Å². The lowest BCUT2D eigenvalue weighted by Gasteiger charge is -2.40. The summed E-state index contributed by atoms with van der Waals surface area (Å²) in [6.07, 6.45) is 0. The molecule has 1 aliphatic heterocycles. The Hall–Kier alpha value is -8.24. The van der Waals surface area contributed by atoms with Gasteiger partial charge in [0.05, 0.1) is 5.41 Å². The number of anilines is 3. The standard InChI is InChI=1S/C63H39NOS/c1-2-13-40(14-3-1)41-25-31-45(32-26-41)64(47-35-38-59-53(39-47)51-19-9-11-24-58(51)66-59)46-33-27-44(28-34-46)48-21-12-23-55-60(48)52-20-8-10-22-54(52)63(55)56-36-29-42-15-4-6-17-49(42)61(56)65-62-50-18-7-5-16-43(50)30-37-57(62)63/h1-39H. The minimum atomic E-state index is -0.605. The van der Waals surface area contributed by atoms with Crippen LogP contribution in [0, 0.1) is 0 Å². The summed E-state index contributed by atoms with van der Waals surface area (Å²) in [4.78, 5) is 2.40. The first-order valence-corrected chi connectivity index (χ1v) is 23.5. The fourth-order valence-corrected chi connectivity index (χ4v) is 12.3. The van der Waals surface area contributed by atoms with Gasteiger partial charge in [0.1, 0.15) is 11.5 Å². The van der Waals surface area contributed by atoms with Crippen LogP contribution in [0.5, 0.6) is 11.5 Å². The van der Waals surface area contributed by atoms with Gasteiger partial charge in [0.25, 0.3) is 0 Å². The van der Waals surface area contributed by atoms with Crippen molar-refractivity contribution >= 4 is 70.1 Å². The van der Waals surface area contributed by atoms with Crippen LogP contribution in [0.2, 0.25) is 0 Å². The minimum Gasteiger partial charge on any atom is -0.455 e. The zero-order chi connectivity index (χ0) is 43.3. The lowest BCUT2D eigenvalue weighted by molar-refractivity contribution is 0.447. The summed E-state index contributed by atoms with van der Waals surface area (Å²) in [6.45, 7) is 0. The van der Waals surface area contributed by atoms with E-state index < -0.39 is 5.41 Å². The molecule has 2 aliphatic rings. The van der Waals surface area contributed by atoms with Crippen LogP contribution in [0.15, 0.2) is 237 Å². The van der Waals surface area contributed by atoms with E-state index in [0.717, 1.165) is 39.3 Å². The van der Waals surface area contributed by atoms with Crippen LogP contribution in [-0.2, 0) is 5.41 Å². The van der Waals surface area contributed by atoms with Gasteiger partial charge >= 0.3 is 0 Å². The molecule has 1 spiro atoms. The molecule has 2 heterocycles. The summed E-state index contributed by atoms with van der Waals surface area (Å²) < 4.78 is 9.81. The highest BCUT2D eigenvalue weighted by atomic mass is 32.1. The van der Waals surface area contributed by atoms with Crippen molar-refractivity contribution in [3.05, 3.63) is 259 Å². The molecule has 0 saturated carbocycles. The molecule has 0 atom stereocenters. The molecule has 0 fully saturated rings. The number of hydrogen-bond donors (Lipinski definition) is 0. The molecule has 14 rings (SSSR count). The fourth-order valence-electron chi connectivity index (χ4n) is 11.2. The van der Waals surface area contributed by atoms with Crippen LogP contribution in [0.3, 0.4) is 0 Å². The van der Waals surface area contributed by atoms with Crippen LogP contribution < -0.4 is 9.64 Å². The molecule has 2 nitrogen and oxygen atoms in total. The van der Waals surface area contributed by atoms with E-state index in [1.165, 1.54) is 86.6 Å². The first-order valence-electron chi connectivity index (χ1n) is 22.7. The lowest BCUT2D eigenvalue weighted by Crippen LogP contribution is -2.32. The van der Waals surface area contributed by atoms with Crippen molar-refractivity contribution in [1.29, 1.82) is 0 Å². The smallest absolute Gasteiger partial charge is 0.140 e. The van der Waals surface area contributed by atoms with Crippen LogP contribution in [0.1, 0.15) is 22.3 Å². The maximum absolute atomic E-state index is 7.21. The molecule has 308 valence electrons. The second kappa shape index (κ2) is 14.4. The number of ether oxygens (including phenoxy) is 1. The summed E-state index contributed by atoms with van der Waals surface area (Å²) in [5, 5.41) is 7.15. The average Bonchev–Trinajstić information content (AvgIpc) is 3.91. The van der Waals surface area contributed by atoms with Crippen LogP contribution >= 0.6 is 11.3 Å². The summed E-state index contributed by atoms with van der Waals surface area (Å²) in [5.74, 6) is 1.86. The first-order chi connectivity index (χ1) is 32.7. The van der Waals surface area contributed by atoms with Crippen molar-refractivity contribution < 1.29 is 4.74 Å². The SMILES string of the molecule is c1ccc(-c2ccc(N(c3ccc(-c4cccc5c4-c4ccccc4C54c5ccc6ccccc6c5Oc5c4ccc4ccccc54)cc3)c3ccc4sc5ccccc5c4c3)cc2)cc1. The van der Waals surface area contributed by atoms with Gasteiger partial charge in [-0.05, 0) is 104 Å². The number of benzene rings is 11. The van der Waals surface area contributed by atoms with Crippen molar-refractivity contribution in [3.8, 4) is 44.9 Å². The molecule has 0 unspecified atom stereocenters. The summed E-state index contributed by atoms with van der Waals surface area (Å²) >= 11 is 1.85. The highest BCUT2D eigenvalue weighted by Crippen LogP contribution is 2.65. The molecule has 1 aliphatic carbocycles. The number of nitrogens with zero attached hydrogens (tertiary/aromatic N) is 1. The Labute approximate surface area is 386 Å². The van der Waals surface area contributed by atoms with Gasteiger partial charge in [-0.2, -0.15) is 0 Å². The van der Waals surface area contributed by atoms with E-state index in [2.05, 4.69) is 241 Å². The zero-order valence-corrected chi connectivity index (χ0v) is 36.6. The highest BCUT2D eigenvalue weighted by Gasteiger charge is 2.52. The quantitative estimate of drug-likeness (QED) is 0.171. The molecule has 11 aromatic carbocycles. The van der Waals surface area contributed by atoms with Crippen LogP contribution in [0.4, 0.5) is 17.1 Å². The number of rotatable bonds is 5. The van der Waals surface area contributed by atoms with Crippen LogP contribution in [-0.4, -0.2) is 0 Å². The normalized spacial score (nSPS) is 13.1. The van der Waals surface area contributed by atoms with E-state index in [0.29, 0.717) is 0 Å². The Balaban J connectivity index is 0.954. The molecular weight excluding hydrogens is 819 g/mol. The predicted molar refractivity (Wildman–Crippen MR) is 277 cm³/mol. The molecule has 3 heteroatoms. The Morgan fingerprint density at radius 2 is 0.864 bits per heavy atom.